The average Bonchev–Trinajstić information content (AvgIpc) is 2.82. The second-order valence-electron chi connectivity index (χ2n) is 8.16. The number of aromatic amines is 1. The highest BCUT2D eigenvalue weighted by Gasteiger charge is 2.27. The molecule has 0 saturated carbocycles. The summed E-state index contributed by atoms with van der Waals surface area (Å²) in [7, 11) is -1.54. The first kappa shape index (κ1) is 23.1. The van der Waals surface area contributed by atoms with Gasteiger partial charge in [-0.25, -0.2) is 13.4 Å². The third-order valence-electron chi connectivity index (χ3n) is 5.77. The predicted octanol–water partition coefficient (Wildman–Crippen LogP) is 1.11. The van der Waals surface area contributed by atoms with E-state index in [2.05, 4.69) is 20.2 Å². The number of piperazine rings is 1. The number of nitrogens with zero attached hydrogens (tertiary/aromatic N) is 3. The number of aromatic nitrogens is 2. The highest BCUT2D eigenvalue weighted by atomic mass is 32.2. The monoisotopic (exact) mass is 469 g/mol. The van der Waals surface area contributed by atoms with Gasteiger partial charge in [-0.1, -0.05) is 24.3 Å². The molecule has 0 radical (unpaired) electrons. The summed E-state index contributed by atoms with van der Waals surface area (Å²) in [5.74, 6) is -0.210. The normalized spacial score (nSPS) is 15.5. The molecular weight excluding hydrogens is 442 g/mol. The van der Waals surface area contributed by atoms with E-state index in [1.165, 1.54) is 4.31 Å². The van der Waals surface area contributed by atoms with Crippen LogP contribution in [0.3, 0.4) is 0 Å². The van der Waals surface area contributed by atoms with E-state index in [1.807, 2.05) is 25.2 Å². The molecule has 9 nitrogen and oxygen atoms in total. The zero-order chi connectivity index (χ0) is 23.4. The van der Waals surface area contributed by atoms with Gasteiger partial charge in [-0.05, 0) is 36.9 Å². The maximum atomic E-state index is 12.8. The quantitative estimate of drug-likeness (QED) is 0.536. The highest BCUT2D eigenvalue weighted by molar-refractivity contribution is 7.89. The molecule has 1 fully saturated rings. The molecule has 2 heterocycles. The fourth-order valence-corrected chi connectivity index (χ4v) is 5.14. The van der Waals surface area contributed by atoms with Crippen molar-refractivity contribution in [2.45, 2.75) is 24.3 Å². The number of fused-ring (bicyclic) bond motifs is 1. The van der Waals surface area contributed by atoms with E-state index >= 15 is 0 Å². The molecule has 33 heavy (non-hydrogen) atoms. The van der Waals surface area contributed by atoms with Gasteiger partial charge in [0.15, 0.2) is 0 Å². The van der Waals surface area contributed by atoms with Crippen LogP contribution in [0.25, 0.3) is 11.0 Å². The number of amides is 1. The summed E-state index contributed by atoms with van der Waals surface area (Å²) >= 11 is 0. The molecule has 1 aliphatic rings. The third kappa shape index (κ3) is 5.47. The number of H-pyrrole nitrogens is 1. The van der Waals surface area contributed by atoms with Crippen molar-refractivity contribution >= 4 is 27.0 Å². The van der Waals surface area contributed by atoms with Crippen molar-refractivity contribution in [3.05, 3.63) is 70.1 Å². The number of benzene rings is 2. The molecule has 3 aromatic rings. The summed E-state index contributed by atoms with van der Waals surface area (Å²) in [5, 5.41) is 2.81. The molecule has 2 aromatic carbocycles. The Bertz CT molecular complexity index is 1300. The van der Waals surface area contributed by atoms with Crippen LogP contribution in [0.2, 0.25) is 0 Å². The number of sulfonamides is 1. The summed E-state index contributed by atoms with van der Waals surface area (Å²) in [6, 6.07) is 13.8. The van der Waals surface area contributed by atoms with Crippen LogP contribution in [0, 0.1) is 0 Å². The van der Waals surface area contributed by atoms with Gasteiger partial charge in [0.2, 0.25) is 15.9 Å². The van der Waals surface area contributed by atoms with Gasteiger partial charge >= 0.3 is 0 Å². The summed E-state index contributed by atoms with van der Waals surface area (Å²) in [6.45, 7) is 2.65. The molecule has 0 aliphatic carbocycles. The fraction of sp³-hybridized carbons (Fsp3) is 0.348. The van der Waals surface area contributed by atoms with E-state index in [0.29, 0.717) is 42.9 Å². The van der Waals surface area contributed by atoms with Crippen molar-refractivity contribution in [1.29, 1.82) is 0 Å². The summed E-state index contributed by atoms with van der Waals surface area (Å²) in [6.07, 6.45) is 0.360. The Hall–Kier alpha value is -3.08. The molecule has 0 spiro atoms. The molecule has 0 bridgehead atoms. The molecular formula is C23H27N5O4S. The smallest absolute Gasteiger partial charge is 0.270 e. The first-order valence-electron chi connectivity index (χ1n) is 10.9. The number of rotatable bonds is 7. The molecule has 1 saturated heterocycles. The molecule has 10 heteroatoms. The lowest BCUT2D eigenvalue weighted by molar-refractivity contribution is -0.121. The van der Waals surface area contributed by atoms with E-state index in [-0.39, 0.29) is 35.7 Å². The number of para-hydroxylation sites is 2. The van der Waals surface area contributed by atoms with Gasteiger partial charge in [0.1, 0.15) is 5.69 Å². The van der Waals surface area contributed by atoms with Crippen LogP contribution in [0.4, 0.5) is 0 Å². The maximum Gasteiger partial charge on any atom is 0.270 e. The Morgan fingerprint density at radius 1 is 1.06 bits per heavy atom. The first-order valence-corrected chi connectivity index (χ1v) is 12.3. The largest absolute Gasteiger partial charge is 0.352 e. The molecule has 0 atom stereocenters. The molecule has 1 aliphatic heterocycles. The molecule has 2 N–H and O–H groups in total. The van der Waals surface area contributed by atoms with Gasteiger partial charge in [-0.2, -0.15) is 4.31 Å². The number of carbonyl (C=O) groups is 1. The molecule has 4 rings (SSSR count). The van der Waals surface area contributed by atoms with Gasteiger partial charge in [0.05, 0.1) is 15.9 Å². The third-order valence-corrected chi connectivity index (χ3v) is 7.68. The van der Waals surface area contributed by atoms with Gasteiger partial charge in [0.25, 0.3) is 5.56 Å². The summed E-state index contributed by atoms with van der Waals surface area (Å²) in [4.78, 5) is 33.9. The summed E-state index contributed by atoms with van der Waals surface area (Å²) in [5.41, 5.74) is 2.16. The highest BCUT2D eigenvalue weighted by Crippen LogP contribution is 2.18. The maximum absolute atomic E-state index is 12.8. The van der Waals surface area contributed by atoms with Crippen LogP contribution in [-0.4, -0.2) is 66.7 Å². The number of carbonyl (C=O) groups excluding carboxylic acids is 1. The zero-order valence-electron chi connectivity index (χ0n) is 18.5. The van der Waals surface area contributed by atoms with Crippen molar-refractivity contribution in [2.24, 2.45) is 0 Å². The van der Waals surface area contributed by atoms with Gasteiger partial charge in [0, 0.05) is 45.6 Å². The van der Waals surface area contributed by atoms with E-state index in [9.17, 15) is 18.0 Å². The van der Waals surface area contributed by atoms with Crippen LogP contribution >= 0.6 is 0 Å². The fourth-order valence-electron chi connectivity index (χ4n) is 3.71. The van der Waals surface area contributed by atoms with Crippen LogP contribution in [-0.2, 0) is 27.8 Å². The molecule has 1 aromatic heterocycles. The minimum absolute atomic E-state index is 0.129. The lowest BCUT2D eigenvalue weighted by Gasteiger charge is -2.31. The lowest BCUT2D eigenvalue weighted by Crippen LogP contribution is -2.47. The number of hydrogen-bond donors (Lipinski definition) is 2. The number of likely N-dealkylation sites (N-methyl/N-ethyl adjacent to an activating group) is 1. The first-order chi connectivity index (χ1) is 15.8. The Kier molecular flexibility index (Phi) is 6.87. The standard InChI is InChI=1S/C23H27N5O4S/c1-27-12-14-28(15-13-27)33(31,32)18-8-6-17(7-9-18)16-24-22(29)11-10-21-23(30)26-20-5-3-2-4-19(20)25-21/h2-9H,10-16H2,1H3,(H,24,29)(H,26,30). The van der Waals surface area contributed by atoms with E-state index < -0.39 is 10.0 Å². The van der Waals surface area contributed by atoms with E-state index in [1.54, 1.807) is 30.3 Å². The van der Waals surface area contributed by atoms with Crippen molar-refractivity contribution in [2.75, 3.05) is 33.2 Å². The predicted molar refractivity (Wildman–Crippen MR) is 125 cm³/mol. The molecule has 1 amide bonds. The minimum atomic E-state index is -3.51. The minimum Gasteiger partial charge on any atom is -0.352 e. The van der Waals surface area contributed by atoms with Gasteiger partial charge in [-0.15, -0.1) is 0 Å². The Labute approximate surface area is 192 Å². The number of hydrogen-bond acceptors (Lipinski definition) is 6. The Morgan fingerprint density at radius 2 is 1.76 bits per heavy atom. The van der Waals surface area contributed by atoms with Crippen molar-refractivity contribution in [3.8, 4) is 0 Å². The molecule has 174 valence electrons. The van der Waals surface area contributed by atoms with Crippen LogP contribution in [0.15, 0.2) is 58.2 Å². The average molecular weight is 470 g/mol. The summed E-state index contributed by atoms with van der Waals surface area (Å²) < 4.78 is 27.1. The SMILES string of the molecule is CN1CCN(S(=O)(=O)c2ccc(CNC(=O)CCc3nc4ccccc4[nH]c3=O)cc2)CC1. The van der Waals surface area contributed by atoms with Crippen molar-refractivity contribution in [1.82, 2.24) is 24.5 Å². The Balaban J connectivity index is 1.31. The topological polar surface area (TPSA) is 115 Å². The van der Waals surface area contributed by atoms with Crippen LogP contribution in [0.5, 0.6) is 0 Å². The van der Waals surface area contributed by atoms with E-state index in [0.717, 1.165) is 5.56 Å². The van der Waals surface area contributed by atoms with Crippen LogP contribution in [0.1, 0.15) is 17.7 Å². The van der Waals surface area contributed by atoms with Gasteiger partial charge in [-0.3, -0.25) is 9.59 Å². The molecule has 0 unspecified atom stereocenters. The van der Waals surface area contributed by atoms with Gasteiger partial charge < -0.3 is 15.2 Å². The number of aryl methyl sites for hydroxylation is 1. The zero-order valence-corrected chi connectivity index (χ0v) is 19.3. The van der Waals surface area contributed by atoms with Crippen molar-refractivity contribution < 1.29 is 13.2 Å². The number of nitrogens with one attached hydrogen (secondary N) is 2. The second-order valence-corrected chi connectivity index (χ2v) is 10.1. The lowest BCUT2D eigenvalue weighted by atomic mass is 10.2. The van der Waals surface area contributed by atoms with Crippen LogP contribution < -0.4 is 10.9 Å². The second kappa shape index (κ2) is 9.82. The Morgan fingerprint density at radius 3 is 2.48 bits per heavy atom. The van der Waals surface area contributed by atoms with E-state index in [4.69, 9.17) is 0 Å². The van der Waals surface area contributed by atoms with Crippen molar-refractivity contribution in [3.63, 3.8) is 0 Å².